The first-order valence-corrected chi connectivity index (χ1v) is 11.5. The van der Waals surface area contributed by atoms with E-state index in [2.05, 4.69) is 54.6 Å². The Balaban J connectivity index is 1.22. The van der Waals surface area contributed by atoms with Crippen molar-refractivity contribution >= 4 is 10.9 Å². The molecule has 3 N–H and O–H groups in total. The summed E-state index contributed by atoms with van der Waals surface area (Å²) in [5.41, 5.74) is 12.7. The molecule has 2 aromatic carbocycles. The van der Waals surface area contributed by atoms with E-state index in [0.717, 1.165) is 37.1 Å². The number of aliphatic hydroxyl groups is 1. The Morgan fingerprint density at radius 3 is 2.80 bits per heavy atom. The van der Waals surface area contributed by atoms with Crippen molar-refractivity contribution in [3.05, 3.63) is 77.0 Å². The van der Waals surface area contributed by atoms with Crippen LogP contribution < -0.4 is 5.73 Å². The topological polar surface area (TPSA) is 59.1 Å². The van der Waals surface area contributed by atoms with Gasteiger partial charge in [0, 0.05) is 16.6 Å². The summed E-state index contributed by atoms with van der Waals surface area (Å²) < 4.78 is 0. The molecule has 1 fully saturated rings. The van der Waals surface area contributed by atoms with Gasteiger partial charge in [0.2, 0.25) is 0 Å². The van der Waals surface area contributed by atoms with Crippen molar-refractivity contribution in [1.29, 1.82) is 0 Å². The molecule has 30 heavy (non-hydrogen) atoms. The third-order valence-corrected chi connectivity index (χ3v) is 7.46. The second-order valence-electron chi connectivity index (χ2n) is 9.63. The van der Waals surface area contributed by atoms with Gasteiger partial charge in [-0.05, 0) is 92.0 Å². The van der Waals surface area contributed by atoms with Gasteiger partial charge in [-0.25, -0.2) is 0 Å². The summed E-state index contributed by atoms with van der Waals surface area (Å²) in [6, 6.07) is 19.9. The standard InChI is InChI=1S/C27H32N2O/c28-27(18-30)14-13-24(17-27)23-9-8-21-15-19(5-7-22(21)16-23)6-11-25-12-10-20-3-1-2-4-26(20)29-25/h1-4,8-10,12,16,19,24,30H,5-7,11,13-15,17-18,28H2/t19-,24?,27-/m1/s1. The summed E-state index contributed by atoms with van der Waals surface area (Å²) in [6.45, 7) is 0.0994. The van der Waals surface area contributed by atoms with Crippen LogP contribution in [0.5, 0.6) is 0 Å². The third-order valence-electron chi connectivity index (χ3n) is 7.46. The lowest BCUT2D eigenvalue weighted by Crippen LogP contribution is -2.40. The van der Waals surface area contributed by atoms with Gasteiger partial charge in [0.25, 0.3) is 0 Å². The molecular formula is C27H32N2O. The number of aliphatic hydroxyl groups excluding tert-OH is 1. The predicted octanol–water partition coefficient (Wildman–Crippen LogP) is 4.93. The molecule has 0 aliphatic heterocycles. The van der Waals surface area contributed by atoms with Crippen LogP contribution in [-0.2, 0) is 19.3 Å². The van der Waals surface area contributed by atoms with Crippen LogP contribution in [0.2, 0.25) is 0 Å². The molecule has 0 saturated heterocycles. The maximum Gasteiger partial charge on any atom is 0.0705 e. The minimum absolute atomic E-state index is 0.0994. The number of hydrogen-bond acceptors (Lipinski definition) is 3. The minimum Gasteiger partial charge on any atom is -0.394 e. The SMILES string of the molecule is N[C@]1(CO)CCC(c2ccc3c(c2)CC[C@H](CCc2ccc4ccccc4n2)C3)C1. The first-order valence-electron chi connectivity index (χ1n) is 11.5. The smallest absolute Gasteiger partial charge is 0.0705 e. The van der Waals surface area contributed by atoms with Crippen LogP contribution in [0.4, 0.5) is 0 Å². The van der Waals surface area contributed by atoms with E-state index >= 15 is 0 Å². The number of benzene rings is 2. The number of aryl methyl sites for hydroxylation is 2. The van der Waals surface area contributed by atoms with E-state index in [0.29, 0.717) is 5.92 Å². The Hall–Kier alpha value is -2.23. The van der Waals surface area contributed by atoms with Gasteiger partial charge in [-0.1, -0.05) is 42.5 Å². The molecule has 156 valence electrons. The minimum atomic E-state index is -0.373. The molecule has 1 heterocycles. The van der Waals surface area contributed by atoms with Gasteiger partial charge in [-0.3, -0.25) is 4.98 Å². The number of aromatic nitrogens is 1. The molecule has 1 saturated carbocycles. The zero-order valence-corrected chi connectivity index (χ0v) is 17.7. The van der Waals surface area contributed by atoms with E-state index in [4.69, 9.17) is 10.7 Å². The molecule has 3 nitrogen and oxygen atoms in total. The maximum absolute atomic E-state index is 9.57. The van der Waals surface area contributed by atoms with E-state index in [9.17, 15) is 5.11 Å². The van der Waals surface area contributed by atoms with Gasteiger partial charge in [-0.2, -0.15) is 0 Å². The number of nitrogens with two attached hydrogens (primary N) is 1. The quantitative estimate of drug-likeness (QED) is 0.638. The van der Waals surface area contributed by atoms with Crippen LogP contribution >= 0.6 is 0 Å². The highest BCUT2D eigenvalue weighted by atomic mass is 16.3. The number of nitrogens with zero attached hydrogens (tertiary/aromatic N) is 1. The molecule has 3 aromatic rings. The van der Waals surface area contributed by atoms with Crippen LogP contribution in [-0.4, -0.2) is 22.2 Å². The summed E-state index contributed by atoms with van der Waals surface area (Å²) in [4.78, 5) is 4.85. The second kappa shape index (κ2) is 8.13. The van der Waals surface area contributed by atoms with Crippen molar-refractivity contribution in [2.24, 2.45) is 11.7 Å². The van der Waals surface area contributed by atoms with E-state index in [1.807, 2.05) is 0 Å². The molecule has 0 amide bonds. The molecular weight excluding hydrogens is 368 g/mol. The normalized spacial score (nSPS) is 26.1. The number of fused-ring (bicyclic) bond motifs is 2. The average molecular weight is 401 g/mol. The molecule has 0 spiro atoms. The van der Waals surface area contributed by atoms with Gasteiger partial charge >= 0.3 is 0 Å². The summed E-state index contributed by atoms with van der Waals surface area (Å²) in [5, 5.41) is 10.8. The van der Waals surface area contributed by atoms with Crippen LogP contribution in [0.15, 0.2) is 54.6 Å². The number of rotatable bonds is 5. The Bertz CT molecular complexity index is 1050. The maximum atomic E-state index is 9.57. The van der Waals surface area contributed by atoms with Gasteiger partial charge < -0.3 is 10.8 Å². The summed E-state index contributed by atoms with van der Waals surface area (Å²) in [7, 11) is 0. The van der Waals surface area contributed by atoms with Crippen LogP contribution in [0.3, 0.4) is 0 Å². The van der Waals surface area contributed by atoms with Gasteiger partial charge in [0.05, 0.1) is 12.1 Å². The fourth-order valence-corrected chi connectivity index (χ4v) is 5.53. The lowest BCUT2D eigenvalue weighted by molar-refractivity contribution is 0.198. The third kappa shape index (κ3) is 4.01. The molecule has 5 rings (SSSR count). The van der Waals surface area contributed by atoms with Crippen molar-refractivity contribution in [2.45, 2.75) is 62.8 Å². The lowest BCUT2D eigenvalue weighted by Gasteiger charge is -2.26. The van der Waals surface area contributed by atoms with Gasteiger partial charge in [-0.15, -0.1) is 0 Å². The van der Waals surface area contributed by atoms with Crippen molar-refractivity contribution < 1.29 is 5.11 Å². The molecule has 3 atom stereocenters. The Kier molecular flexibility index (Phi) is 5.34. The number of hydrogen-bond donors (Lipinski definition) is 2. The van der Waals surface area contributed by atoms with Crippen LogP contribution in [0.25, 0.3) is 10.9 Å². The fraction of sp³-hybridized carbons (Fsp3) is 0.444. The molecule has 0 radical (unpaired) electrons. The first kappa shape index (κ1) is 19.7. The summed E-state index contributed by atoms with van der Waals surface area (Å²) >= 11 is 0. The fourth-order valence-electron chi connectivity index (χ4n) is 5.53. The average Bonchev–Trinajstić information content (AvgIpc) is 3.20. The van der Waals surface area contributed by atoms with Gasteiger partial charge in [0.1, 0.15) is 0 Å². The highest BCUT2D eigenvalue weighted by Gasteiger charge is 2.36. The monoisotopic (exact) mass is 400 g/mol. The van der Waals surface area contributed by atoms with E-state index < -0.39 is 0 Å². The molecule has 2 aliphatic carbocycles. The molecule has 3 heteroatoms. The van der Waals surface area contributed by atoms with Crippen molar-refractivity contribution in [3.63, 3.8) is 0 Å². The molecule has 1 unspecified atom stereocenters. The van der Waals surface area contributed by atoms with Crippen LogP contribution in [0, 0.1) is 5.92 Å². The molecule has 0 bridgehead atoms. The molecule has 2 aliphatic rings. The Morgan fingerprint density at radius 1 is 1.03 bits per heavy atom. The molecule has 1 aromatic heterocycles. The number of para-hydroxylation sites is 1. The second-order valence-corrected chi connectivity index (χ2v) is 9.63. The van der Waals surface area contributed by atoms with Crippen LogP contribution in [0.1, 0.15) is 60.4 Å². The Labute approximate surface area is 179 Å². The summed E-state index contributed by atoms with van der Waals surface area (Å²) in [6.07, 6.45) is 8.83. The van der Waals surface area contributed by atoms with Crippen molar-refractivity contribution in [1.82, 2.24) is 4.98 Å². The zero-order chi connectivity index (χ0) is 20.6. The Morgan fingerprint density at radius 2 is 1.93 bits per heavy atom. The first-order chi connectivity index (χ1) is 14.6. The van der Waals surface area contributed by atoms with E-state index in [-0.39, 0.29) is 12.1 Å². The summed E-state index contributed by atoms with van der Waals surface area (Å²) in [5.74, 6) is 1.25. The predicted molar refractivity (Wildman–Crippen MR) is 123 cm³/mol. The highest BCUT2D eigenvalue weighted by Crippen LogP contribution is 2.40. The highest BCUT2D eigenvalue weighted by molar-refractivity contribution is 5.78. The largest absolute Gasteiger partial charge is 0.394 e. The van der Waals surface area contributed by atoms with E-state index in [1.54, 1.807) is 0 Å². The lowest BCUT2D eigenvalue weighted by atomic mass is 9.79. The number of pyridine rings is 1. The van der Waals surface area contributed by atoms with Crippen molar-refractivity contribution in [3.8, 4) is 0 Å². The zero-order valence-electron chi connectivity index (χ0n) is 17.7. The van der Waals surface area contributed by atoms with Gasteiger partial charge in [0.15, 0.2) is 0 Å². The van der Waals surface area contributed by atoms with Crippen molar-refractivity contribution in [2.75, 3.05) is 6.61 Å². The van der Waals surface area contributed by atoms with E-state index in [1.165, 1.54) is 53.5 Å².